The van der Waals surface area contributed by atoms with E-state index in [1.165, 1.54) is 0 Å². The Balaban J connectivity index is 1.95. The van der Waals surface area contributed by atoms with Gasteiger partial charge >= 0.3 is 0 Å². The molecule has 2 aromatic heterocycles. The molecule has 0 aliphatic rings. The highest BCUT2D eigenvalue weighted by molar-refractivity contribution is 7.09. The maximum absolute atomic E-state index is 5.08. The van der Waals surface area contributed by atoms with E-state index in [2.05, 4.69) is 25.6 Å². The van der Waals surface area contributed by atoms with Gasteiger partial charge in [-0.2, -0.15) is 9.97 Å². The van der Waals surface area contributed by atoms with Crippen molar-refractivity contribution < 1.29 is 9.47 Å². The first kappa shape index (κ1) is 13.5. The Labute approximate surface area is 115 Å². The summed E-state index contributed by atoms with van der Waals surface area (Å²) >= 11 is 1.65. The van der Waals surface area contributed by atoms with E-state index in [4.69, 9.17) is 9.47 Å². The van der Waals surface area contributed by atoms with Crippen molar-refractivity contribution in [3.05, 3.63) is 22.1 Å². The molecular formula is C12H16N4O2S. The first-order valence-corrected chi connectivity index (χ1v) is 6.71. The second-order valence-corrected chi connectivity index (χ2v) is 4.87. The average Bonchev–Trinajstić information content (AvgIpc) is 2.84. The quantitative estimate of drug-likeness (QED) is 0.871. The molecule has 1 N–H and O–H groups in total. The molecule has 2 heterocycles. The van der Waals surface area contributed by atoms with Crippen LogP contribution in [-0.4, -0.2) is 35.7 Å². The van der Waals surface area contributed by atoms with Gasteiger partial charge in [-0.3, -0.25) is 0 Å². The van der Waals surface area contributed by atoms with Gasteiger partial charge in [-0.15, -0.1) is 11.3 Å². The SMILES string of the molecule is COc1cc(OC)nc(NCCc2csc(C)n2)n1. The van der Waals surface area contributed by atoms with Gasteiger partial charge in [0.05, 0.1) is 31.0 Å². The van der Waals surface area contributed by atoms with Crippen molar-refractivity contribution >= 4 is 17.3 Å². The van der Waals surface area contributed by atoms with Gasteiger partial charge < -0.3 is 14.8 Å². The molecule has 0 bridgehead atoms. The summed E-state index contributed by atoms with van der Waals surface area (Å²) in [5.41, 5.74) is 1.07. The maximum atomic E-state index is 5.08. The van der Waals surface area contributed by atoms with Crippen molar-refractivity contribution in [3.63, 3.8) is 0 Å². The zero-order chi connectivity index (χ0) is 13.7. The zero-order valence-electron chi connectivity index (χ0n) is 11.1. The van der Waals surface area contributed by atoms with Crippen molar-refractivity contribution in [2.45, 2.75) is 13.3 Å². The fourth-order valence-electron chi connectivity index (χ4n) is 1.52. The minimum atomic E-state index is 0.471. The molecule has 7 heteroatoms. The number of rotatable bonds is 6. The molecule has 0 aromatic carbocycles. The molecular weight excluding hydrogens is 264 g/mol. The largest absolute Gasteiger partial charge is 0.481 e. The summed E-state index contributed by atoms with van der Waals surface area (Å²) in [6.45, 7) is 2.71. The molecule has 0 amide bonds. The van der Waals surface area contributed by atoms with Gasteiger partial charge in [0.15, 0.2) is 0 Å². The second kappa shape index (κ2) is 6.33. The number of aromatic nitrogens is 3. The van der Waals surface area contributed by atoms with Gasteiger partial charge in [0.1, 0.15) is 0 Å². The molecule has 0 radical (unpaired) electrons. The second-order valence-electron chi connectivity index (χ2n) is 3.81. The maximum Gasteiger partial charge on any atom is 0.229 e. The minimum Gasteiger partial charge on any atom is -0.481 e. The summed E-state index contributed by atoms with van der Waals surface area (Å²) in [7, 11) is 3.12. The third-order valence-electron chi connectivity index (χ3n) is 2.43. The van der Waals surface area contributed by atoms with Crippen molar-refractivity contribution in [2.75, 3.05) is 26.1 Å². The minimum absolute atomic E-state index is 0.471. The van der Waals surface area contributed by atoms with Crippen LogP contribution >= 0.6 is 11.3 Å². The van der Waals surface area contributed by atoms with E-state index in [1.54, 1.807) is 31.6 Å². The molecule has 0 atom stereocenters. The summed E-state index contributed by atoms with van der Waals surface area (Å²) in [5.74, 6) is 1.43. The Hall–Kier alpha value is -1.89. The number of aryl methyl sites for hydroxylation is 1. The van der Waals surface area contributed by atoms with E-state index in [1.807, 2.05) is 6.92 Å². The van der Waals surface area contributed by atoms with Crippen molar-refractivity contribution in [3.8, 4) is 11.8 Å². The number of thiazole rings is 1. The highest BCUT2D eigenvalue weighted by atomic mass is 32.1. The van der Waals surface area contributed by atoms with E-state index >= 15 is 0 Å². The lowest BCUT2D eigenvalue weighted by Crippen LogP contribution is -2.09. The number of nitrogens with one attached hydrogen (secondary N) is 1. The standard InChI is InChI=1S/C12H16N4O2S/c1-8-14-9(7-19-8)4-5-13-12-15-10(17-2)6-11(16-12)18-3/h6-7H,4-5H2,1-3H3,(H,13,15,16). The number of hydrogen-bond acceptors (Lipinski definition) is 7. The lowest BCUT2D eigenvalue weighted by atomic mass is 10.3. The first-order chi connectivity index (χ1) is 9.21. The van der Waals surface area contributed by atoms with Crippen LogP contribution in [0.15, 0.2) is 11.4 Å². The van der Waals surface area contributed by atoms with Crippen molar-refractivity contribution in [1.29, 1.82) is 0 Å². The third-order valence-corrected chi connectivity index (χ3v) is 3.25. The predicted octanol–water partition coefficient (Wildman–Crippen LogP) is 1.91. The van der Waals surface area contributed by atoms with E-state index in [0.29, 0.717) is 24.3 Å². The highest BCUT2D eigenvalue weighted by Gasteiger charge is 2.05. The van der Waals surface area contributed by atoms with Crippen molar-refractivity contribution in [2.24, 2.45) is 0 Å². The number of ether oxygens (including phenoxy) is 2. The number of methoxy groups -OCH3 is 2. The van der Waals surface area contributed by atoms with Crippen LogP contribution in [0.3, 0.4) is 0 Å². The van der Waals surface area contributed by atoms with Crippen LogP contribution in [0, 0.1) is 6.92 Å². The van der Waals surface area contributed by atoms with Crippen LogP contribution in [0.25, 0.3) is 0 Å². The molecule has 6 nitrogen and oxygen atoms in total. The smallest absolute Gasteiger partial charge is 0.229 e. The first-order valence-electron chi connectivity index (χ1n) is 5.83. The van der Waals surface area contributed by atoms with Gasteiger partial charge in [-0.25, -0.2) is 4.98 Å². The van der Waals surface area contributed by atoms with Crippen LogP contribution in [-0.2, 0) is 6.42 Å². The molecule has 0 fully saturated rings. The molecule has 0 saturated carbocycles. The van der Waals surface area contributed by atoms with Gasteiger partial charge in [0.25, 0.3) is 0 Å². The Morgan fingerprint density at radius 3 is 2.37 bits per heavy atom. The summed E-state index contributed by atoms with van der Waals surface area (Å²) in [5, 5.41) is 6.27. The van der Waals surface area contributed by atoms with Crippen LogP contribution in [0.5, 0.6) is 11.8 Å². The summed E-state index contributed by atoms with van der Waals surface area (Å²) < 4.78 is 10.2. The lowest BCUT2D eigenvalue weighted by Gasteiger charge is -2.07. The van der Waals surface area contributed by atoms with Gasteiger partial charge in [0, 0.05) is 18.3 Å². The predicted molar refractivity (Wildman–Crippen MR) is 74.2 cm³/mol. The van der Waals surface area contributed by atoms with Crippen LogP contribution in [0.4, 0.5) is 5.95 Å². The third kappa shape index (κ3) is 3.78. The zero-order valence-corrected chi connectivity index (χ0v) is 12.0. The fraction of sp³-hybridized carbons (Fsp3) is 0.417. The molecule has 2 aromatic rings. The fourth-order valence-corrected chi connectivity index (χ4v) is 2.16. The highest BCUT2D eigenvalue weighted by Crippen LogP contribution is 2.17. The molecule has 0 aliphatic carbocycles. The molecule has 0 unspecified atom stereocenters. The Morgan fingerprint density at radius 1 is 1.16 bits per heavy atom. The Bertz CT molecular complexity index is 522. The molecule has 2 rings (SSSR count). The van der Waals surface area contributed by atoms with E-state index < -0.39 is 0 Å². The molecule has 102 valence electrons. The van der Waals surface area contributed by atoms with Crippen molar-refractivity contribution in [1.82, 2.24) is 15.0 Å². The lowest BCUT2D eigenvalue weighted by molar-refractivity contribution is 0.373. The molecule has 0 aliphatic heterocycles. The monoisotopic (exact) mass is 280 g/mol. The molecule has 0 spiro atoms. The van der Waals surface area contributed by atoms with Gasteiger partial charge in [0.2, 0.25) is 17.7 Å². The Kier molecular flexibility index (Phi) is 4.51. The van der Waals surface area contributed by atoms with Crippen LogP contribution in [0.2, 0.25) is 0 Å². The van der Waals surface area contributed by atoms with E-state index in [9.17, 15) is 0 Å². The number of nitrogens with zero attached hydrogens (tertiary/aromatic N) is 3. The normalized spacial score (nSPS) is 10.3. The molecule has 19 heavy (non-hydrogen) atoms. The van der Waals surface area contributed by atoms with E-state index in [0.717, 1.165) is 17.1 Å². The topological polar surface area (TPSA) is 69.2 Å². The van der Waals surface area contributed by atoms with E-state index in [-0.39, 0.29) is 0 Å². The van der Waals surface area contributed by atoms with Gasteiger partial charge in [-0.1, -0.05) is 0 Å². The van der Waals surface area contributed by atoms with Crippen LogP contribution in [0.1, 0.15) is 10.7 Å². The van der Waals surface area contributed by atoms with Gasteiger partial charge in [-0.05, 0) is 6.92 Å². The molecule has 0 saturated heterocycles. The summed E-state index contributed by atoms with van der Waals surface area (Å²) in [6, 6.07) is 1.63. The number of anilines is 1. The summed E-state index contributed by atoms with van der Waals surface area (Å²) in [4.78, 5) is 12.8. The Morgan fingerprint density at radius 2 is 1.84 bits per heavy atom. The van der Waals surface area contributed by atoms with Crippen LogP contribution < -0.4 is 14.8 Å². The summed E-state index contributed by atoms with van der Waals surface area (Å²) in [6.07, 6.45) is 0.827. The average molecular weight is 280 g/mol. The number of hydrogen-bond donors (Lipinski definition) is 1.